The zero-order valence-electron chi connectivity index (χ0n) is 11.2. The van der Waals surface area contributed by atoms with Crippen LogP contribution in [0.3, 0.4) is 0 Å². The molecule has 0 fully saturated rings. The number of aryl methyl sites for hydroxylation is 1. The van der Waals surface area contributed by atoms with E-state index in [-0.39, 0.29) is 18.1 Å². The monoisotopic (exact) mass is 235 g/mol. The molecule has 1 rings (SSSR count). The lowest BCUT2D eigenvalue weighted by molar-refractivity contribution is 0.0915. The molecule has 0 spiro atoms. The zero-order chi connectivity index (χ0) is 12.8. The van der Waals surface area contributed by atoms with Crippen molar-refractivity contribution in [1.29, 1.82) is 0 Å². The van der Waals surface area contributed by atoms with Crippen molar-refractivity contribution in [3.8, 4) is 0 Å². The van der Waals surface area contributed by atoms with Crippen molar-refractivity contribution in [2.75, 3.05) is 0 Å². The third kappa shape index (κ3) is 4.14. The van der Waals surface area contributed by atoms with Gasteiger partial charge < -0.3 is 10.8 Å². The smallest absolute Gasteiger partial charge is 0.0583 e. The summed E-state index contributed by atoms with van der Waals surface area (Å²) < 4.78 is 0. The molecule has 0 unspecified atom stereocenters. The van der Waals surface area contributed by atoms with E-state index >= 15 is 0 Å². The van der Waals surface area contributed by atoms with Gasteiger partial charge in [-0.25, -0.2) is 0 Å². The van der Waals surface area contributed by atoms with E-state index in [2.05, 4.69) is 38.1 Å². The molecule has 0 bridgehead atoms. The Bertz CT molecular complexity index is 320. The van der Waals surface area contributed by atoms with Crippen molar-refractivity contribution < 1.29 is 5.11 Å². The Labute approximate surface area is 105 Å². The fourth-order valence-corrected chi connectivity index (χ4v) is 2.01. The third-order valence-electron chi connectivity index (χ3n) is 3.49. The van der Waals surface area contributed by atoms with Gasteiger partial charge in [0, 0.05) is 12.0 Å². The van der Waals surface area contributed by atoms with Crippen LogP contribution in [0.2, 0.25) is 0 Å². The molecule has 1 aromatic carbocycles. The van der Waals surface area contributed by atoms with Crippen LogP contribution in [-0.4, -0.2) is 11.2 Å². The summed E-state index contributed by atoms with van der Waals surface area (Å²) in [5.41, 5.74) is 8.55. The van der Waals surface area contributed by atoms with Gasteiger partial charge in [0.05, 0.1) is 6.10 Å². The Morgan fingerprint density at radius 3 is 2.35 bits per heavy atom. The van der Waals surface area contributed by atoms with Gasteiger partial charge in [-0.15, -0.1) is 0 Å². The molecule has 2 nitrogen and oxygen atoms in total. The molecule has 0 amide bonds. The molecule has 17 heavy (non-hydrogen) atoms. The Balaban J connectivity index is 2.62. The van der Waals surface area contributed by atoms with Crippen molar-refractivity contribution in [3.63, 3.8) is 0 Å². The second-order valence-electron chi connectivity index (χ2n) is 5.01. The molecule has 1 aromatic rings. The number of hydrogen-bond acceptors (Lipinski definition) is 2. The molecule has 0 radical (unpaired) electrons. The Morgan fingerprint density at radius 2 is 1.82 bits per heavy atom. The molecule has 3 atom stereocenters. The SMILES string of the molecule is CCCC[C@H](O)[C@@H](C)[C@H](N)c1ccc(C)cc1. The molecular weight excluding hydrogens is 210 g/mol. The predicted molar refractivity (Wildman–Crippen MR) is 72.8 cm³/mol. The molecule has 2 heteroatoms. The van der Waals surface area contributed by atoms with E-state index < -0.39 is 0 Å². The summed E-state index contributed by atoms with van der Waals surface area (Å²) in [5, 5.41) is 10.1. The minimum atomic E-state index is -0.300. The number of nitrogens with two attached hydrogens (primary N) is 1. The minimum Gasteiger partial charge on any atom is -0.393 e. The first-order valence-electron chi connectivity index (χ1n) is 6.56. The summed E-state index contributed by atoms with van der Waals surface area (Å²) in [6, 6.07) is 8.18. The Kier molecular flexibility index (Phi) is 5.66. The van der Waals surface area contributed by atoms with Crippen molar-refractivity contribution in [1.82, 2.24) is 0 Å². The van der Waals surface area contributed by atoms with Gasteiger partial charge in [-0.05, 0) is 18.9 Å². The molecule has 96 valence electrons. The molecule has 0 aliphatic carbocycles. The van der Waals surface area contributed by atoms with E-state index in [1.807, 2.05) is 6.92 Å². The van der Waals surface area contributed by atoms with Crippen LogP contribution in [0.15, 0.2) is 24.3 Å². The van der Waals surface area contributed by atoms with Crippen LogP contribution in [0.1, 0.15) is 50.3 Å². The highest BCUT2D eigenvalue weighted by molar-refractivity contribution is 5.24. The van der Waals surface area contributed by atoms with Gasteiger partial charge in [0.1, 0.15) is 0 Å². The van der Waals surface area contributed by atoms with Crippen LogP contribution in [-0.2, 0) is 0 Å². The molecule has 3 N–H and O–H groups in total. The van der Waals surface area contributed by atoms with Crippen molar-refractivity contribution in [3.05, 3.63) is 35.4 Å². The first kappa shape index (κ1) is 14.2. The first-order chi connectivity index (χ1) is 8.06. The zero-order valence-corrected chi connectivity index (χ0v) is 11.2. The lowest BCUT2D eigenvalue weighted by Gasteiger charge is -2.25. The maximum atomic E-state index is 10.1. The maximum Gasteiger partial charge on any atom is 0.0583 e. The summed E-state index contributed by atoms with van der Waals surface area (Å²) in [7, 11) is 0. The van der Waals surface area contributed by atoms with E-state index in [0.29, 0.717) is 0 Å². The number of hydrogen-bond donors (Lipinski definition) is 2. The Hall–Kier alpha value is -0.860. The molecule has 0 saturated heterocycles. The van der Waals surface area contributed by atoms with Crippen LogP contribution in [0.4, 0.5) is 0 Å². The average Bonchev–Trinajstić information content (AvgIpc) is 2.35. The summed E-state index contributed by atoms with van der Waals surface area (Å²) in [4.78, 5) is 0. The molecule has 0 aromatic heterocycles. The summed E-state index contributed by atoms with van der Waals surface area (Å²) in [6.07, 6.45) is 2.72. The molecule has 0 aliphatic heterocycles. The van der Waals surface area contributed by atoms with Gasteiger partial charge in [-0.1, -0.05) is 56.5 Å². The van der Waals surface area contributed by atoms with E-state index in [0.717, 1.165) is 24.8 Å². The second kappa shape index (κ2) is 6.77. The predicted octanol–water partition coefficient (Wildman–Crippen LogP) is 3.18. The minimum absolute atomic E-state index is 0.0811. The number of rotatable bonds is 6. The van der Waals surface area contributed by atoms with Crippen LogP contribution < -0.4 is 5.73 Å². The van der Waals surface area contributed by atoms with E-state index in [9.17, 15) is 5.11 Å². The summed E-state index contributed by atoms with van der Waals surface area (Å²) >= 11 is 0. The van der Waals surface area contributed by atoms with Gasteiger partial charge in [-0.3, -0.25) is 0 Å². The highest BCUT2D eigenvalue weighted by atomic mass is 16.3. The van der Waals surface area contributed by atoms with Gasteiger partial charge in [-0.2, -0.15) is 0 Å². The molecule has 0 aliphatic rings. The van der Waals surface area contributed by atoms with Gasteiger partial charge in [0.15, 0.2) is 0 Å². The van der Waals surface area contributed by atoms with Crippen LogP contribution in [0, 0.1) is 12.8 Å². The number of aliphatic hydroxyl groups is 1. The average molecular weight is 235 g/mol. The highest BCUT2D eigenvalue weighted by Crippen LogP contribution is 2.24. The van der Waals surface area contributed by atoms with Crippen molar-refractivity contribution in [2.45, 2.75) is 52.2 Å². The van der Waals surface area contributed by atoms with Gasteiger partial charge in [0.25, 0.3) is 0 Å². The van der Waals surface area contributed by atoms with Crippen LogP contribution >= 0.6 is 0 Å². The lowest BCUT2D eigenvalue weighted by atomic mass is 9.88. The topological polar surface area (TPSA) is 46.2 Å². The Morgan fingerprint density at radius 1 is 1.24 bits per heavy atom. The summed E-state index contributed by atoms with van der Waals surface area (Å²) in [5.74, 6) is 0.101. The van der Waals surface area contributed by atoms with Crippen molar-refractivity contribution >= 4 is 0 Å². The molecular formula is C15H25NO. The normalized spacial score (nSPS) is 16.5. The number of benzene rings is 1. The largest absolute Gasteiger partial charge is 0.393 e. The standard InChI is InChI=1S/C15H25NO/c1-4-5-6-14(17)12(3)15(16)13-9-7-11(2)8-10-13/h7-10,12,14-15,17H,4-6,16H2,1-3H3/t12-,14+,15+/m1/s1. The van der Waals surface area contributed by atoms with Crippen molar-refractivity contribution in [2.24, 2.45) is 11.7 Å². The lowest BCUT2D eigenvalue weighted by Crippen LogP contribution is -2.29. The molecule has 0 heterocycles. The maximum absolute atomic E-state index is 10.1. The quantitative estimate of drug-likeness (QED) is 0.795. The fraction of sp³-hybridized carbons (Fsp3) is 0.600. The van der Waals surface area contributed by atoms with Crippen LogP contribution in [0.5, 0.6) is 0 Å². The number of unbranched alkanes of at least 4 members (excludes halogenated alkanes) is 1. The van der Waals surface area contributed by atoms with E-state index in [1.165, 1.54) is 5.56 Å². The van der Waals surface area contributed by atoms with E-state index in [4.69, 9.17) is 5.73 Å². The highest BCUT2D eigenvalue weighted by Gasteiger charge is 2.21. The van der Waals surface area contributed by atoms with Gasteiger partial charge in [0.2, 0.25) is 0 Å². The first-order valence-corrected chi connectivity index (χ1v) is 6.56. The van der Waals surface area contributed by atoms with Crippen LogP contribution in [0.25, 0.3) is 0 Å². The third-order valence-corrected chi connectivity index (χ3v) is 3.49. The summed E-state index contributed by atoms with van der Waals surface area (Å²) in [6.45, 7) is 6.23. The van der Waals surface area contributed by atoms with E-state index in [1.54, 1.807) is 0 Å². The number of aliphatic hydroxyl groups excluding tert-OH is 1. The molecule has 0 saturated carbocycles. The fourth-order valence-electron chi connectivity index (χ4n) is 2.01. The second-order valence-corrected chi connectivity index (χ2v) is 5.01. The van der Waals surface area contributed by atoms with Gasteiger partial charge >= 0.3 is 0 Å².